The van der Waals surface area contributed by atoms with Crippen molar-refractivity contribution in [3.8, 4) is 5.75 Å². The summed E-state index contributed by atoms with van der Waals surface area (Å²) in [6.07, 6.45) is 6.43. The van der Waals surface area contributed by atoms with Gasteiger partial charge in [-0.15, -0.1) is 0 Å². The van der Waals surface area contributed by atoms with Gasteiger partial charge >= 0.3 is 0 Å². The van der Waals surface area contributed by atoms with Gasteiger partial charge in [-0.05, 0) is 66.5 Å². The minimum Gasteiger partial charge on any atom is -0.489 e. The van der Waals surface area contributed by atoms with Crippen LogP contribution >= 0.6 is 0 Å². The van der Waals surface area contributed by atoms with Crippen LogP contribution in [0.15, 0.2) is 54.1 Å². The Balaban J connectivity index is 1.55. The number of hydrogen-bond donors (Lipinski definition) is 0. The smallest absolute Gasteiger partial charge is 0.120 e. The Morgan fingerprint density at radius 3 is 2.67 bits per heavy atom. The molecule has 0 heterocycles. The van der Waals surface area contributed by atoms with Crippen molar-refractivity contribution in [1.29, 1.82) is 0 Å². The lowest BCUT2D eigenvalue weighted by Crippen LogP contribution is -1.96. The molecular formula is C20H20O. The van der Waals surface area contributed by atoms with Crippen molar-refractivity contribution in [2.75, 3.05) is 0 Å². The summed E-state index contributed by atoms with van der Waals surface area (Å²) in [6.45, 7) is 0.644. The number of ether oxygens (including phenoxy) is 1. The third-order valence-electron chi connectivity index (χ3n) is 4.64. The minimum atomic E-state index is 0.644. The molecule has 0 radical (unpaired) electrons. The Bertz CT molecular complexity index is 682. The molecule has 1 heteroatoms. The largest absolute Gasteiger partial charge is 0.489 e. The summed E-state index contributed by atoms with van der Waals surface area (Å²) in [5.41, 5.74) is 7.46. The molecule has 0 N–H and O–H groups in total. The number of hydrogen-bond acceptors (Lipinski definition) is 1. The van der Waals surface area contributed by atoms with Crippen LogP contribution in [-0.2, 0) is 13.0 Å². The summed E-state index contributed by atoms with van der Waals surface area (Å²) in [5.74, 6) is 0.997. The molecule has 0 amide bonds. The van der Waals surface area contributed by atoms with Crippen molar-refractivity contribution in [3.63, 3.8) is 0 Å². The van der Waals surface area contributed by atoms with E-state index in [1.807, 2.05) is 6.07 Å². The summed E-state index contributed by atoms with van der Waals surface area (Å²) in [6, 6.07) is 17.0. The van der Waals surface area contributed by atoms with E-state index in [0.717, 1.165) is 5.75 Å². The Labute approximate surface area is 126 Å². The highest BCUT2D eigenvalue weighted by Crippen LogP contribution is 2.42. The number of rotatable bonds is 3. The third-order valence-corrected chi connectivity index (χ3v) is 4.64. The van der Waals surface area contributed by atoms with Crippen LogP contribution in [0.1, 0.15) is 42.4 Å². The first-order chi connectivity index (χ1) is 10.4. The Kier molecular flexibility index (Phi) is 3.27. The fraction of sp³-hybridized carbons (Fsp3) is 0.300. The standard InChI is InChI=1S/C20H20O/c1-2-6-15(7-3-1)14-21-18-11-10-17-12-16-8-4-5-9-19(16)20(17)13-18/h1-3,6-7,10-11,13H,4-5,8-9,12,14H2. The lowest BCUT2D eigenvalue weighted by Gasteiger charge is -2.14. The molecule has 1 nitrogen and oxygen atoms in total. The first-order valence-corrected chi connectivity index (χ1v) is 7.91. The van der Waals surface area contributed by atoms with E-state index in [2.05, 4.69) is 42.5 Å². The fourth-order valence-electron chi connectivity index (χ4n) is 3.54. The van der Waals surface area contributed by atoms with Crippen LogP contribution in [0.2, 0.25) is 0 Å². The fourth-order valence-corrected chi connectivity index (χ4v) is 3.54. The van der Waals surface area contributed by atoms with Crippen molar-refractivity contribution in [3.05, 3.63) is 70.8 Å². The molecule has 0 atom stereocenters. The summed E-state index contributed by atoms with van der Waals surface area (Å²) in [5, 5.41) is 0. The normalized spacial score (nSPS) is 16.6. The molecule has 2 aliphatic carbocycles. The van der Waals surface area contributed by atoms with Crippen molar-refractivity contribution < 1.29 is 4.74 Å². The first kappa shape index (κ1) is 12.7. The maximum atomic E-state index is 5.97. The van der Waals surface area contributed by atoms with Crippen molar-refractivity contribution in [2.24, 2.45) is 0 Å². The molecule has 0 unspecified atom stereocenters. The maximum Gasteiger partial charge on any atom is 0.120 e. The van der Waals surface area contributed by atoms with Crippen LogP contribution in [0, 0.1) is 0 Å². The molecule has 0 spiro atoms. The van der Waals surface area contributed by atoms with Crippen LogP contribution in [0.5, 0.6) is 5.75 Å². The average Bonchev–Trinajstić information content (AvgIpc) is 2.92. The molecule has 2 aromatic carbocycles. The van der Waals surface area contributed by atoms with Crippen LogP contribution in [0.4, 0.5) is 0 Å². The van der Waals surface area contributed by atoms with E-state index in [9.17, 15) is 0 Å². The van der Waals surface area contributed by atoms with Gasteiger partial charge in [0.05, 0.1) is 0 Å². The summed E-state index contributed by atoms with van der Waals surface area (Å²) in [7, 11) is 0. The highest BCUT2D eigenvalue weighted by atomic mass is 16.5. The van der Waals surface area contributed by atoms with Crippen LogP contribution in [-0.4, -0.2) is 0 Å². The number of fused-ring (bicyclic) bond motifs is 2. The van der Waals surface area contributed by atoms with E-state index >= 15 is 0 Å². The van der Waals surface area contributed by atoms with Gasteiger partial charge in [0.2, 0.25) is 0 Å². The summed E-state index contributed by atoms with van der Waals surface area (Å²) in [4.78, 5) is 0. The Morgan fingerprint density at radius 2 is 1.76 bits per heavy atom. The van der Waals surface area contributed by atoms with Gasteiger partial charge in [-0.3, -0.25) is 0 Å². The zero-order chi connectivity index (χ0) is 14.1. The van der Waals surface area contributed by atoms with E-state index in [0.29, 0.717) is 6.61 Å². The zero-order valence-electron chi connectivity index (χ0n) is 12.3. The molecule has 0 aliphatic heterocycles. The molecule has 0 saturated heterocycles. The van der Waals surface area contributed by atoms with E-state index in [1.165, 1.54) is 48.8 Å². The number of benzene rings is 2. The number of allylic oxidation sites excluding steroid dienone is 2. The predicted molar refractivity (Wildman–Crippen MR) is 86.3 cm³/mol. The van der Waals surface area contributed by atoms with Crippen molar-refractivity contribution in [2.45, 2.75) is 38.7 Å². The molecule has 0 saturated carbocycles. The topological polar surface area (TPSA) is 9.23 Å². The highest BCUT2D eigenvalue weighted by molar-refractivity contribution is 5.77. The molecule has 21 heavy (non-hydrogen) atoms. The minimum absolute atomic E-state index is 0.644. The van der Waals surface area contributed by atoms with Gasteiger partial charge < -0.3 is 4.74 Å². The third kappa shape index (κ3) is 2.49. The summed E-state index contributed by atoms with van der Waals surface area (Å²) < 4.78 is 5.97. The van der Waals surface area contributed by atoms with E-state index in [1.54, 1.807) is 11.1 Å². The summed E-state index contributed by atoms with van der Waals surface area (Å²) >= 11 is 0. The Morgan fingerprint density at radius 1 is 0.905 bits per heavy atom. The van der Waals surface area contributed by atoms with Gasteiger partial charge in [0.25, 0.3) is 0 Å². The highest BCUT2D eigenvalue weighted by Gasteiger charge is 2.23. The van der Waals surface area contributed by atoms with Crippen molar-refractivity contribution >= 4 is 5.57 Å². The van der Waals surface area contributed by atoms with Gasteiger partial charge in [0, 0.05) is 0 Å². The quantitative estimate of drug-likeness (QED) is 0.753. The van der Waals surface area contributed by atoms with Crippen LogP contribution in [0.25, 0.3) is 5.57 Å². The predicted octanol–water partition coefficient (Wildman–Crippen LogP) is 5.15. The monoisotopic (exact) mass is 276 g/mol. The molecule has 2 aliphatic rings. The molecule has 0 bridgehead atoms. The maximum absolute atomic E-state index is 5.97. The van der Waals surface area contributed by atoms with Gasteiger partial charge in [-0.2, -0.15) is 0 Å². The van der Waals surface area contributed by atoms with Crippen molar-refractivity contribution in [1.82, 2.24) is 0 Å². The second kappa shape index (κ2) is 5.40. The lowest BCUT2D eigenvalue weighted by molar-refractivity contribution is 0.306. The van der Waals surface area contributed by atoms with Gasteiger partial charge in [0.15, 0.2) is 0 Å². The molecular weight excluding hydrogens is 256 g/mol. The molecule has 2 aromatic rings. The molecule has 0 fully saturated rings. The average molecular weight is 276 g/mol. The van der Waals surface area contributed by atoms with E-state index in [4.69, 9.17) is 4.74 Å². The second-order valence-corrected chi connectivity index (χ2v) is 6.06. The molecule has 0 aromatic heterocycles. The lowest BCUT2D eigenvalue weighted by atomic mass is 9.92. The second-order valence-electron chi connectivity index (χ2n) is 6.06. The molecule has 106 valence electrons. The van der Waals surface area contributed by atoms with Gasteiger partial charge in [0.1, 0.15) is 12.4 Å². The van der Waals surface area contributed by atoms with Gasteiger partial charge in [-0.1, -0.05) is 42.0 Å². The van der Waals surface area contributed by atoms with Crippen LogP contribution in [0.3, 0.4) is 0 Å². The van der Waals surface area contributed by atoms with Crippen LogP contribution < -0.4 is 4.74 Å². The first-order valence-electron chi connectivity index (χ1n) is 7.91. The molecule has 4 rings (SSSR count). The SMILES string of the molecule is c1ccc(COc2ccc3c(c2)C2=C(CCCC2)C3)cc1. The van der Waals surface area contributed by atoms with Gasteiger partial charge in [-0.25, -0.2) is 0 Å². The zero-order valence-corrected chi connectivity index (χ0v) is 12.3. The van der Waals surface area contributed by atoms with E-state index < -0.39 is 0 Å². The van der Waals surface area contributed by atoms with E-state index in [-0.39, 0.29) is 0 Å². The Hall–Kier alpha value is -2.02.